The molecule has 1 aliphatic heterocycles. The molecule has 4 rings (SSSR count). The second-order valence-corrected chi connectivity index (χ2v) is 5.94. The zero-order valence-corrected chi connectivity index (χ0v) is 13.3. The van der Waals surface area contributed by atoms with E-state index < -0.39 is 0 Å². The van der Waals surface area contributed by atoms with Crippen LogP contribution in [0.5, 0.6) is 0 Å². The third kappa shape index (κ3) is 2.71. The number of likely N-dealkylation sites (tertiary alicyclic amines) is 1. The second-order valence-electron chi connectivity index (χ2n) is 5.94. The Bertz CT molecular complexity index is 845. The van der Waals surface area contributed by atoms with Gasteiger partial charge in [0, 0.05) is 25.7 Å². The number of urea groups is 1. The topological polar surface area (TPSA) is 62.5 Å². The molecule has 1 aromatic carbocycles. The summed E-state index contributed by atoms with van der Waals surface area (Å²) in [6.45, 7) is 1.35. The molecule has 1 atom stereocenters. The van der Waals surface area contributed by atoms with Crippen molar-refractivity contribution in [3.63, 3.8) is 0 Å². The molecule has 6 nitrogen and oxygen atoms in total. The summed E-state index contributed by atoms with van der Waals surface area (Å²) in [5.74, 6) is 0.856. The second kappa shape index (κ2) is 6.31. The molecule has 0 aliphatic carbocycles. The van der Waals surface area contributed by atoms with Crippen LogP contribution in [0, 0.1) is 0 Å². The van der Waals surface area contributed by atoms with Crippen LogP contribution in [0.25, 0.3) is 5.65 Å². The molecule has 2 amide bonds. The van der Waals surface area contributed by atoms with Crippen LogP contribution in [0.1, 0.15) is 23.9 Å². The van der Waals surface area contributed by atoms with Gasteiger partial charge in [0.25, 0.3) is 0 Å². The van der Waals surface area contributed by atoms with Crippen LogP contribution in [0.3, 0.4) is 0 Å². The van der Waals surface area contributed by atoms with Gasteiger partial charge in [-0.25, -0.2) is 4.79 Å². The third-order valence-corrected chi connectivity index (χ3v) is 4.47. The Hall–Kier alpha value is -2.89. The van der Waals surface area contributed by atoms with Gasteiger partial charge in [0.1, 0.15) is 5.82 Å². The lowest BCUT2D eigenvalue weighted by Gasteiger charge is -2.41. The summed E-state index contributed by atoms with van der Waals surface area (Å²) in [6.07, 6.45) is 3.61. The van der Waals surface area contributed by atoms with Gasteiger partial charge in [0.05, 0.1) is 6.04 Å². The smallest absolute Gasteiger partial charge is 0.317 e. The van der Waals surface area contributed by atoms with Crippen molar-refractivity contribution in [2.24, 2.45) is 0 Å². The number of aromatic nitrogens is 3. The predicted molar refractivity (Wildman–Crippen MR) is 90.6 cm³/mol. The summed E-state index contributed by atoms with van der Waals surface area (Å²) in [7, 11) is 0. The van der Waals surface area contributed by atoms with Gasteiger partial charge in [-0.2, -0.15) is 0 Å². The molecule has 1 unspecified atom stereocenters. The summed E-state index contributed by atoms with van der Waals surface area (Å²) in [5, 5.41) is 11.3. The van der Waals surface area contributed by atoms with E-state index in [1.54, 1.807) is 0 Å². The lowest BCUT2D eigenvalue weighted by Crippen LogP contribution is -2.50. The molecule has 0 radical (unpaired) electrons. The highest BCUT2D eigenvalue weighted by atomic mass is 16.2. The first-order chi connectivity index (χ1) is 11.8. The van der Waals surface area contributed by atoms with Gasteiger partial charge < -0.3 is 10.2 Å². The van der Waals surface area contributed by atoms with Crippen molar-refractivity contribution in [2.45, 2.75) is 18.9 Å². The van der Waals surface area contributed by atoms with E-state index in [1.807, 2.05) is 51.9 Å². The molecule has 122 valence electrons. The minimum atomic E-state index is -0.0103. The quantitative estimate of drug-likeness (QED) is 0.803. The Kier molecular flexibility index (Phi) is 3.86. The number of nitrogens with zero attached hydrogens (tertiary/aromatic N) is 4. The van der Waals surface area contributed by atoms with Gasteiger partial charge >= 0.3 is 6.03 Å². The van der Waals surface area contributed by atoms with Crippen LogP contribution in [0.2, 0.25) is 0 Å². The molecule has 3 heterocycles. The van der Waals surface area contributed by atoms with Crippen LogP contribution < -0.4 is 5.32 Å². The predicted octanol–water partition coefficient (Wildman–Crippen LogP) is 2.43. The van der Waals surface area contributed by atoms with Crippen molar-refractivity contribution in [1.29, 1.82) is 0 Å². The first kappa shape index (κ1) is 14.7. The average molecular weight is 321 g/mol. The van der Waals surface area contributed by atoms with Gasteiger partial charge in [0.15, 0.2) is 5.65 Å². The third-order valence-electron chi connectivity index (χ3n) is 4.47. The maximum absolute atomic E-state index is 12.4. The highest BCUT2D eigenvalue weighted by Gasteiger charge is 2.32. The molecule has 1 N–H and O–H groups in total. The molecular weight excluding hydrogens is 302 g/mol. The van der Waals surface area contributed by atoms with Gasteiger partial charge in [-0.05, 0) is 24.1 Å². The van der Waals surface area contributed by atoms with Crippen molar-refractivity contribution in [1.82, 2.24) is 24.8 Å². The summed E-state index contributed by atoms with van der Waals surface area (Å²) < 4.78 is 1.95. The highest BCUT2D eigenvalue weighted by Crippen LogP contribution is 2.32. The number of carbonyl (C=O) groups excluding carboxylic acids is 1. The van der Waals surface area contributed by atoms with Crippen molar-refractivity contribution in [3.8, 4) is 0 Å². The van der Waals surface area contributed by atoms with E-state index in [0.29, 0.717) is 13.0 Å². The first-order valence-corrected chi connectivity index (χ1v) is 8.21. The van der Waals surface area contributed by atoms with E-state index in [-0.39, 0.29) is 12.1 Å². The van der Waals surface area contributed by atoms with Crippen molar-refractivity contribution < 1.29 is 4.79 Å². The molecule has 6 heteroatoms. The van der Waals surface area contributed by atoms with Gasteiger partial charge in [-0.15, -0.1) is 10.2 Å². The van der Waals surface area contributed by atoms with E-state index in [2.05, 4.69) is 27.6 Å². The standard InChI is InChI=1S/C18H19N5O/c24-18(22-13-10-15(22)14-6-2-1-3-7-14)19-11-9-17-21-20-16-8-4-5-12-23(16)17/h1-8,12,15H,9-11,13H2,(H,19,24). The van der Waals surface area contributed by atoms with Crippen LogP contribution in [0.15, 0.2) is 54.7 Å². The minimum absolute atomic E-state index is 0.0103. The van der Waals surface area contributed by atoms with E-state index in [1.165, 1.54) is 5.56 Å². The molecule has 1 saturated heterocycles. The molecule has 0 bridgehead atoms. The number of rotatable bonds is 4. The molecule has 1 aliphatic rings. The zero-order valence-electron chi connectivity index (χ0n) is 13.3. The number of nitrogens with one attached hydrogen (secondary N) is 1. The number of hydrogen-bond acceptors (Lipinski definition) is 3. The molecule has 2 aromatic heterocycles. The Morgan fingerprint density at radius 1 is 1.12 bits per heavy atom. The monoisotopic (exact) mass is 321 g/mol. The van der Waals surface area contributed by atoms with E-state index in [9.17, 15) is 4.79 Å². The van der Waals surface area contributed by atoms with Crippen molar-refractivity contribution in [3.05, 3.63) is 66.1 Å². The summed E-state index contributed by atoms with van der Waals surface area (Å²) >= 11 is 0. The van der Waals surface area contributed by atoms with E-state index >= 15 is 0 Å². The Morgan fingerprint density at radius 2 is 1.96 bits per heavy atom. The molecule has 24 heavy (non-hydrogen) atoms. The van der Waals surface area contributed by atoms with Crippen LogP contribution in [0.4, 0.5) is 4.79 Å². The maximum Gasteiger partial charge on any atom is 0.317 e. The fraction of sp³-hybridized carbons (Fsp3) is 0.278. The average Bonchev–Trinajstić information content (AvgIpc) is 2.98. The lowest BCUT2D eigenvalue weighted by molar-refractivity contribution is 0.115. The van der Waals surface area contributed by atoms with Crippen LogP contribution in [-0.4, -0.2) is 38.6 Å². The highest BCUT2D eigenvalue weighted by molar-refractivity contribution is 5.75. The van der Waals surface area contributed by atoms with Crippen LogP contribution in [-0.2, 0) is 6.42 Å². The number of hydrogen-bond donors (Lipinski definition) is 1. The SMILES string of the molecule is O=C(NCCc1nnc2ccccn12)N1CCC1c1ccccc1. The maximum atomic E-state index is 12.4. The van der Waals surface area contributed by atoms with Gasteiger partial charge in [0.2, 0.25) is 0 Å². The zero-order chi connectivity index (χ0) is 16.4. The number of pyridine rings is 1. The Morgan fingerprint density at radius 3 is 2.75 bits per heavy atom. The fourth-order valence-corrected chi connectivity index (χ4v) is 3.10. The molecule has 3 aromatic rings. The molecule has 0 saturated carbocycles. The number of carbonyl (C=O) groups is 1. The molecule has 0 spiro atoms. The number of benzene rings is 1. The van der Waals surface area contributed by atoms with Crippen molar-refractivity contribution >= 4 is 11.7 Å². The summed E-state index contributed by atoms with van der Waals surface area (Å²) in [4.78, 5) is 14.3. The fourth-order valence-electron chi connectivity index (χ4n) is 3.10. The van der Waals surface area contributed by atoms with Gasteiger partial charge in [-0.1, -0.05) is 36.4 Å². The summed E-state index contributed by atoms with van der Waals surface area (Å²) in [5.41, 5.74) is 2.02. The number of fused-ring (bicyclic) bond motifs is 1. The largest absolute Gasteiger partial charge is 0.338 e. The normalized spacial score (nSPS) is 16.8. The van der Waals surface area contributed by atoms with Gasteiger partial charge in [-0.3, -0.25) is 4.40 Å². The van der Waals surface area contributed by atoms with E-state index in [4.69, 9.17) is 0 Å². The Balaban J connectivity index is 1.34. The molecular formula is C18H19N5O. The Labute approximate surface area is 140 Å². The van der Waals surface area contributed by atoms with Crippen LogP contribution >= 0.6 is 0 Å². The summed E-state index contributed by atoms with van der Waals surface area (Å²) in [6, 6.07) is 16.2. The van der Waals surface area contributed by atoms with Crippen molar-refractivity contribution in [2.75, 3.05) is 13.1 Å². The minimum Gasteiger partial charge on any atom is -0.338 e. The molecule has 1 fully saturated rings. The first-order valence-electron chi connectivity index (χ1n) is 8.21. The lowest BCUT2D eigenvalue weighted by atomic mass is 9.95. The van der Waals surface area contributed by atoms with E-state index in [0.717, 1.165) is 24.4 Å². The number of amides is 2.